The first kappa shape index (κ1) is 14.4. The molecule has 1 aliphatic heterocycles. The molecule has 0 aliphatic carbocycles. The predicted octanol–water partition coefficient (Wildman–Crippen LogP) is 4.35. The number of hydrogen-bond donors (Lipinski definition) is 1. The Bertz CT molecular complexity index is 672. The maximum absolute atomic E-state index is 6.52. The average molecular weight is 444 g/mol. The smallest absolute Gasteiger partial charge is 0.127 e. The van der Waals surface area contributed by atoms with E-state index in [1.54, 1.807) is 0 Å². The van der Waals surface area contributed by atoms with Gasteiger partial charge in [0.25, 0.3) is 0 Å². The van der Waals surface area contributed by atoms with Crippen LogP contribution in [0.3, 0.4) is 0 Å². The van der Waals surface area contributed by atoms with E-state index in [0.29, 0.717) is 0 Å². The quantitative estimate of drug-likeness (QED) is 0.700. The van der Waals surface area contributed by atoms with Gasteiger partial charge < -0.3 is 10.5 Å². The van der Waals surface area contributed by atoms with E-state index in [2.05, 4.69) is 75.8 Å². The second-order valence-electron chi connectivity index (χ2n) is 5.04. The van der Waals surface area contributed by atoms with Gasteiger partial charge in [-0.3, -0.25) is 0 Å². The lowest BCUT2D eigenvalue weighted by Crippen LogP contribution is -2.15. The Kier molecular flexibility index (Phi) is 4.06. The number of fused-ring (bicyclic) bond motifs is 1. The van der Waals surface area contributed by atoms with Gasteiger partial charge in [0.05, 0.1) is 12.6 Å². The van der Waals surface area contributed by atoms with Crippen molar-refractivity contribution in [2.24, 2.45) is 5.73 Å². The molecular weight excluding hydrogens is 429 g/mol. The van der Waals surface area contributed by atoms with E-state index in [4.69, 9.17) is 10.5 Å². The summed E-state index contributed by atoms with van der Waals surface area (Å²) < 4.78 is 8.08. The lowest BCUT2D eigenvalue weighted by atomic mass is 9.95. The SMILES string of the molecule is Cc1cccc(C(N)c2cc(Br)cc3c2OCC3)c1I. The summed E-state index contributed by atoms with van der Waals surface area (Å²) in [4.78, 5) is 0. The largest absolute Gasteiger partial charge is 0.493 e. The number of ether oxygens (including phenoxy) is 1. The predicted molar refractivity (Wildman–Crippen MR) is 93.3 cm³/mol. The van der Waals surface area contributed by atoms with E-state index in [-0.39, 0.29) is 6.04 Å². The Labute approximate surface area is 141 Å². The molecule has 1 unspecified atom stereocenters. The molecule has 2 aromatic carbocycles. The maximum atomic E-state index is 6.52. The highest BCUT2D eigenvalue weighted by Crippen LogP contribution is 2.38. The first-order valence-corrected chi connectivity index (χ1v) is 8.41. The van der Waals surface area contributed by atoms with Crippen LogP contribution in [0.4, 0.5) is 0 Å². The van der Waals surface area contributed by atoms with Crippen molar-refractivity contribution >= 4 is 38.5 Å². The Hall–Kier alpha value is -0.590. The van der Waals surface area contributed by atoms with Crippen LogP contribution >= 0.6 is 38.5 Å². The third kappa shape index (κ3) is 2.49. The molecule has 0 amide bonds. The molecule has 1 heterocycles. The third-order valence-electron chi connectivity index (χ3n) is 3.67. The summed E-state index contributed by atoms with van der Waals surface area (Å²) in [6.07, 6.45) is 0.958. The molecule has 4 heteroatoms. The first-order valence-electron chi connectivity index (χ1n) is 6.53. The second kappa shape index (κ2) is 5.66. The summed E-state index contributed by atoms with van der Waals surface area (Å²) in [5, 5.41) is 0. The van der Waals surface area contributed by atoms with Gasteiger partial charge >= 0.3 is 0 Å². The maximum Gasteiger partial charge on any atom is 0.127 e. The minimum absolute atomic E-state index is 0.161. The standard InChI is InChI=1S/C16H15BrINO/c1-9-3-2-4-12(14(9)18)15(19)13-8-11(17)7-10-5-6-20-16(10)13/h2-4,7-8,15H,5-6,19H2,1H3. The van der Waals surface area contributed by atoms with Gasteiger partial charge in [-0.2, -0.15) is 0 Å². The lowest BCUT2D eigenvalue weighted by Gasteiger charge is -2.18. The fraction of sp³-hybridized carbons (Fsp3) is 0.250. The van der Waals surface area contributed by atoms with Crippen molar-refractivity contribution in [2.75, 3.05) is 6.61 Å². The van der Waals surface area contributed by atoms with E-state index in [0.717, 1.165) is 34.4 Å². The zero-order valence-electron chi connectivity index (χ0n) is 11.1. The monoisotopic (exact) mass is 443 g/mol. The molecule has 0 bridgehead atoms. The van der Waals surface area contributed by atoms with Crippen LogP contribution in [0.2, 0.25) is 0 Å². The molecule has 0 saturated carbocycles. The van der Waals surface area contributed by atoms with Crippen molar-refractivity contribution in [3.8, 4) is 5.75 Å². The van der Waals surface area contributed by atoms with Crippen molar-refractivity contribution < 1.29 is 4.74 Å². The highest BCUT2D eigenvalue weighted by Gasteiger charge is 2.23. The summed E-state index contributed by atoms with van der Waals surface area (Å²) in [5.74, 6) is 0.970. The van der Waals surface area contributed by atoms with Crippen molar-refractivity contribution in [3.05, 3.63) is 60.6 Å². The third-order valence-corrected chi connectivity index (χ3v) is 5.60. The van der Waals surface area contributed by atoms with Gasteiger partial charge in [-0.05, 0) is 58.3 Å². The minimum atomic E-state index is -0.161. The van der Waals surface area contributed by atoms with Gasteiger partial charge in [0, 0.05) is 20.0 Å². The molecule has 0 fully saturated rings. The number of aryl methyl sites for hydroxylation is 1. The summed E-state index contributed by atoms with van der Waals surface area (Å²) in [7, 11) is 0. The number of halogens is 2. The van der Waals surface area contributed by atoms with Crippen LogP contribution in [0.5, 0.6) is 5.75 Å². The van der Waals surface area contributed by atoms with Gasteiger partial charge in [-0.15, -0.1) is 0 Å². The lowest BCUT2D eigenvalue weighted by molar-refractivity contribution is 0.352. The number of rotatable bonds is 2. The molecule has 0 aromatic heterocycles. The van der Waals surface area contributed by atoms with Crippen molar-refractivity contribution in [3.63, 3.8) is 0 Å². The molecule has 20 heavy (non-hydrogen) atoms. The van der Waals surface area contributed by atoms with Gasteiger partial charge in [0.1, 0.15) is 5.75 Å². The van der Waals surface area contributed by atoms with Crippen molar-refractivity contribution in [1.82, 2.24) is 0 Å². The van der Waals surface area contributed by atoms with Crippen LogP contribution in [-0.2, 0) is 6.42 Å². The van der Waals surface area contributed by atoms with Crippen molar-refractivity contribution in [2.45, 2.75) is 19.4 Å². The summed E-state index contributed by atoms with van der Waals surface area (Å²) in [5.41, 5.74) is 11.2. The zero-order valence-corrected chi connectivity index (χ0v) is 14.9. The molecule has 2 aromatic rings. The normalized spacial score (nSPS) is 14.8. The fourth-order valence-electron chi connectivity index (χ4n) is 2.61. The van der Waals surface area contributed by atoms with Crippen LogP contribution in [0.1, 0.15) is 28.3 Å². The number of hydrogen-bond acceptors (Lipinski definition) is 2. The van der Waals surface area contributed by atoms with E-state index in [1.165, 1.54) is 14.7 Å². The molecule has 0 spiro atoms. The second-order valence-corrected chi connectivity index (χ2v) is 7.03. The van der Waals surface area contributed by atoms with Crippen molar-refractivity contribution in [1.29, 1.82) is 0 Å². The Morgan fingerprint density at radius 1 is 1.30 bits per heavy atom. The number of benzene rings is 2. The van der Waals surface area contributed by atoms with Gasteiger partial charge in [0.15, 0.2) is 0 Å². The summed E-state index contributed by atoms with van der Waals surface area (Å²) in [6, 6.07) is 10.3. The Morgan fingerprint density at radius 3 is 2.90 bits per heavy atom. The fourth-order valence-corrected chi connectivity index (χ4v) is 3.82. The summed E-state index contributed by atoms with van der Waals surface area (Å²) in [6.45, 7) is 2.86. The average Bonchev–Trinajstić information content (AvgIpc) is 2.88. The molecule has 0 radical (unpaired) electrons. The molecule has 2 N–H and O–H groups in total. The minimum Gasteiger partial charge on any atom is -0.493 e. The van der Waals surface area contributed by atoms with Gasteiger partial charge in [0.2, 0.25) is 0 Å². The van der Waals surface area contributed by atoms with Crippen LogP contribution in [0, 0.1) is 10.5 Å². The molecular formula is C16H15BrINO. The highest BCUT2D eigenvalue weighted by molar-refractivity contribution is 14.1. The van der Waals surface area contributed by atoms with Crippen LogP contribution in [0.15, 0.2) is 34.8 Å². The Balaban J connectivity index is 2.11. The van der Waals surface area contributed by atoms with E-state index in [1.807, 2.05) is 0 Å². The zero-order chi connectivity index (χ0) is 14.3. The van der Waals surface area contributed by atoms with Crippen LogP contribution in [0.25, 0.3) is 0 Å². The summed E-state index contributed by atoms with van der Waals surface area (Å²) >= 11 is 5.95. The number of nitrogens with two attached hydrogens (primary N) is 1. The van der Waals surface area contributed by atoms with Crippen LogP contribution < -0.4 is 10.5 Å². The molecule has 3 rings (SSSR count). The molecule has 2 nitrogen and oxygen atoms in total. The first-order chi connectivity index (χ1) is 9.58. The highest BCUT2D eigenvalue weighted by atomic mass is 127. The van der Waals surface area contributed by atoms with E-state index in [9.17, 15) is 0 Å². The van der Waals surface area contributed by atoms with Crippen LogP contribution in [-0.4, -0.2) is 6.61 Å². The Morgan fingerprint density at radius 2 is 2.10 bits per heavy atom. The molecule has 1 atom stereocenters. The van der Waals surface area contributed by atoms with E-state index < -0.39 is 0 Å². The topological polar surface area (TPSA) is 35.2 Å². The van der Waals surface area contributed by atoms with Gasteiger partial charge in [-0.25, -0.2) is 0 Å². The van der Waals surface area contributed by atoms with E-state index >= 15 is 0 Å². The molecule has 0 saturated heterocycles. The molecule has 1 aliphatic rings. The van der Waals surface area contributed by atoms with Gasteiger partial charge in [-0.1, -0.05) is 34.1 Å². The molecule has 104 valence electrons.